The maximum atomic E-state index is 5.65. The Balaban J connectivity index is 2.78. The van der Waals surface area contributed by atoms with Crippen molar-refractivity contribution in [2.75, 3.05) is 23.8 Å². The minimum atomic E-state index is 0.265. The molecule has 96 valence electrons. The van der Waals surface area contributed by atoms with Gasteiger partial charge >= 0.3 is 0 Å². The molecule has 1 aromatic rings. The van der Waals surface area contributed by atoms with E-state index in [2.05, 4.69) is 41.0 Å². The van der Waals surface area contributed by atoms with Crippen molar-refractivity contribution >= 4 is 11.6 Å². The SMILES string of the molecule is CCC(C)Nc1cc(N(C)C(C)CN)ncn1. The van der Waals surface area contributed by atoms with E-state index in [1.54, 1.807) is 6.33 Å². The monoisotopic (exact) mass is 237 g/mol. The van der Waals surface area contributed by atoms with Crippen molar-refractivity contribution in [1.29, 1.82) is 0 Å². The zero-order valence-electron chi connectivity index (χ0n) is 11.1. The zero-order valence-corrected chi connectivity index (χ0v) is 11.1. The van der Waals surface area contributed by atoms with Crippen molar-refractivity contribution in [3.05, 3.63) is 12.4 Å². The lowest BCUT2D eigenvalue weighted by Crippen LogP contribution is -2.35. The first-order chi connectivity index (χ1) is 8.08. The number of likely N-dealkylation sites (N-methyl/N-ethyl adjacent to an activating group) is 1. The molecule has 1 heterocycles. The van der Waals surface area contributed by atoms with Crippen LogP contribution in [0.1, 0.15) is 27.2 Å². The molecule has 1 rings (SSSR count). The van der Waals surface area contributed by atoms with Crippen LogP contribution in [0.25, 0.3) is 0 Å². The molecule has 0 fully saturated rings. The van der Waals surface area contributed by atoms with Crippen molar-refractivity contribution in [2.24, 2.45) is 5.73 Å². The first-order valence-electron chi connectivity index (χ1n) is 6.10. The van der Waals surface area contributed by atoms with Gasteiger partial charge in [0.15, 0.2) is 0 Å². The molecule has 0 aromatic carbocycles. The Bertz CT molecular complexity index is 341. The van der Waals surface area contributed by atoms with Gasteiger partial charge in [-0.1, -0.05) is 6.92 Å². The summed E-state index contributed by atoms with van der Waals surface area (Å²) >= 11 is 0. The summed E-state index contributed by atoms with van der Waals surface area (Å²) in [6.07, 6.45) is 2.65. The molecule has 0 bridgehead atoms. The van der Waals surface area contributed by atoms with Crippen LogP contribution in [0.3, 0.4) is 0 Å². The van der Waals surface area contributed by atoms with Gasteiger partial charge in [0, 0.05) is 31.7 Å². The van der Waals surface area contributed by atoms with E-state index in [1.165, 1.54) is 0 Å². The molecule has 3 N–H and O–H groups in total. The summed E-state index contributed by atoms with van der Waals surface area (Å²) in [5.41, 5.74) is 5.65. The summed E-state index contributed by atoms with van der Waals surface area (Å²) in [6.45, 7) is 6.95. The van der Waals surface area contributed by atoms with Gasteiger partial charge in [0.25, 0.3) is 0 Å². The Labute approximate surface area is 103 Å². The molecule has 0 amide bonds. The van der Waals surface area contributed by atoms with Gasteiger partial charge in [-0.3, -0.25) is 0 Å². The highest BCUT2D eigenvalue weighted by molar-refractivity contribution is 5.48. The van der Waals surface area contributed by atoms with E-state index in [4.69, 9.17) is 5.73 Å². The first-order valence-corrected chi connectivity index (χ1v) is 6.10. The van der Waals surface area contributed by atoms with Crippen LogP contribution < -0.4 is 16.0 Å². The van der Waals surface area contributed by atoms with E-state index in [9.17, 15) is 0 Å². The number of hydrogen-bond donors (Lipinski definition) is 2. The largest absolute Gasteiger partial charge is 0.367 e. The van der Waals surface area contributed by atoms with E-state index in [1.807, 2.05) is 13.1 Å². The number of nitrogens with zero attached hydrogens (tertiary/aromatic N) is 3. The van der Waals surface area contributed by atoms with E-state index in [0.717, 1.165) is 18.1 Å². The molecular formula is C12H23N5. The first kappa shape index (κ1) is 13.7. The Morgan fingerprint density at radius 3 is 2.71 bits per heavy atom. The molecule has 2 unspecified atom stereocenters. The number of aromatic nitrogens is 2. The van der Waals surface area contributed by atoms with Gasteiger partial charge < -0.3 is 16.0 Å². The maximum absolute atomic E-state index is 5.65. The van der Waals surface area contributed by atoms with Crippen LogP contribution >= 0.6 is 0 Å². The molecule has 0 aliphatic rings. The number of nitrogens with one attached hydrogen (secondary N) is 1. The van der Waals surface area contributed by atoms with Gasteiger partial charge in [-0.05, 0) is 20.3 Å². The fraction of sp³-hybridized carbons (Fsp3) is 0.667. The van der Waals surface area contributed by atoms with Crippen molar-refractivity contribution < 1.29 is 0 Å². The summed E-state index contributed by atoms with van der Waals surface area (Å²) in [5, 5.41) is 3.33. The van der Waals surface area contributed by atoms with Crippen LogP contribution in [0.15, 0.2) is 12.4 Å². The van der Waals surface area contributed by atoms with Gasteiger partial charge in [-0.2, -0.15) is 0 Å². The Kier molecular flexibility index (Phi) is 5.15. The average molecular weight is 237 g/mol. The van der Waals surface area contributed by atoms with Gasteiger partial charge in [0.2, 0.25) is 0 Å². The predicted molar refractivity (Wildman–Crippen MR) is 72.3 cm³/mol. The van der Waals surface area contributed by atoms with Crippen LogP contribution in [-0.2, 0) is 0 Å². The van der Waals surface area contributed by atoms with E-state index in [0.29, 0.717) is 12.6 Å². The summed E-state index contributed by atoms with van der Waals surface area (Å²) in [7, 11) is 1.99. The van der Waals surface area contributed by atoms with Gasteiger partial charge in [0.05, 0.1) is 0 Å². The molecule has 5 heteroatoms. The van der Waals surface area contributed by atoms with Crippen molar-refractivity contribution in [1.82, 2.24) is 9.97 Å². The molecule has 0 saturated heterocycles. The lowest BCUT2D eigenvalue weighted by atomic mass is 10.2. The van der Waals surface area contributed by atoms with Crippen LogP contribution in [0.2, 0.25) is 0 Å². The number of anilines is 2. The van der Waals surface area contributed by atoms with E-state index in [-0.39, 0.29) is 6.04 Å². The highest BCUT2D eigenvalue weighted by Gasteiger charge is 2.10. The summed E-state index contributed by atoms with van der Waals surface area (Å²) in [6, 6.07) is 2.63. The van der Waals surface area contributed by atoms with Crippen LogP contribution in [0, 0.1) is 0 Å². The minimum Gasteiger partial charge on any atom is -0.367 e. The topological polar surface area (TPSA) is 67.1 Å². The minimum absolute atomic E-state index is 0.265. The average Bonchev–Trinajstić information content (AvgIpc) is 2.37. The van der Waals surface area contributed by atoms with Crippen LogP contribution in [0.4, 0.5) is 11.6 Å². The second-order valence-electron chi connectivity index (χ2n) is 4.41. The van der Waals surface area contributed by atoms with Crippen LogP contribution in [-0.4, -0.2) is 35.6 Å². The second-order valence-corrected chi connectivity index (χ2v) is 4.41. The third kappa shape index (κ3) is 3.85. The smallest absolute Gasteiger partial charge is 0.134 e. The molecule has 2 atom stereocenters. The van der Waals surface area contributed by atoms with Crippen LogP contribution in [0.5, 0.6) is 0 Å². The summed E-state index contributed by atoms with van der Waals surface area (Å²) in [4.78, 5) is 10.5. The van der Waals surface area contributed by atoms with Gasteiger partial charge in [-0.25, -0.2) is 9.97 Å². The fourth-order valence-corrected chi connectivity index (χ4v) is 1.36. The second kappa shape index (κ2) is 6.39. The van der Waals surface area contributed by atoms with Gasteiger partial charge in [0.1, 0.15) is 18.0 Å². The molecule has 0 saturated carbocycles. The predicted octanol–water partition coefficient (Wildman–Crippen LogP) is 1.47. The number of nitrogens with two attached hydrogens (primary N) is 1. The van der Waals surface area contributed by atoms with E-state index < -0.39 is 0 Å². The molecule has 1 aromatic heterocycles. The Hall–Kier alpha value is -1.36. The van der Waals surface area contributed by atoms with Crippen molar-refractivity contribution in [3.8, 4) is 0 Å². The highest BCUT2D eigenvalue weighted by Crippen LogP contribution is 2.15. The zero-order chi connectivity index (χ0) is 12.8. The Morgan fingerprint density at radius 2 is 2.12 bits per heavy atom. The molecule has 5 nitrogen and oxygen atoms in total. The van der Waals surface area contributed by atoms with Gasteiger partial charge in [-0.15, -0.1) is 0 Å². The number of hydrogen-bond acceptors (Lipinski definition) is 5. The standard InChI is InChI=1S/C12H23N5/c1-5-9(2)16-11-6-12(15-8-14-11)17(4)10(3)7-13/h6,8-10H,5,7,13H2,1-4H3,(H,14,15,16). The lowest BCUT2D eigenvalue weighted by Gasteiger charge is -2.25. The third-order valence-electron chi connectivity index (χ3n) is 3.02. The molecule has 0 aliphatic heterocycles. The normalized spacial score (nSPS) is 14.2. The van der Waals surface area contributed by atoms with Crippen molar-refractivity contribution in [3.63, 3.8) is 0 Å². The van der Waals surface area contributed by atoms with E-state index >= 15 is 0 Å². The molecular weight excluding hydrogens is 214 g/mol. The summed E-state index contributed by atoms with van der Waals surface area (Å²) < 4.78 is 0. The lowest BCUT2D eigenvalue weighted by molar-refractivity contribution is 0.686. The fourth-order valence-electron chi connectivity index (χ4n) is 1.36. The number of rotatable bonds is 6. The highest BCUT2D eigenvalue weighted by atomic mass is 15.2. The molecule has 17 heavy (non-hydrogen) atoms. The Morgan fingerprint density at radius 1 is 1.41 bits per heavy atom. The maximum Gasteiger partial charge on any atom is 0.134 e. The summed E-state index contributed by atoms with van der Waals surface area (Å²) in [5.74, 6) is 1.75. The molecule has 0 spiro atoms. The third-order valence-corrected chi connectivity index (χ3v) is 3.02. The molecule has 0 aliphatic carbocycles. The van der Waals surface area contributed by atoms with Crippen molar-refractivity contribution in [2.45, 2.75) is 39.3 Å². The quantitative estimate of drug-likeness (QED) is 0.784. The molecule has 0 radical (unpaired) electrons.